The molecule has 0 bridgehead atoms. The summed E-state index contributed by atoms with van der Waals surface area (Å²) in [6, 6.07) is 10.6. The van der Waals surface area contributed by atoms with Gasteiger partial charge in [-0.25, -0.2) is 4.98 Å². The topological polar surface area (TPSA) is 12.9 Å². The van der Waals surface area contributed by atoms with Gasteiger partial charge in [-0.15, -0.1) is 11.3 Å². The molecule has 1 aromatic heterocycles. The van der Waals surface area contributed by atoms with Crippen molar-refractivity contribution >= 4 is 11.3 Å². The van der Waals surface area contributed by atoms with Crippen LogP contribution in [0.4, 0.5) is 0 Å². The highest BCUT2D eigenvalue weighted by atomic mass is 32.1. The van der Waals surface area contributed by atoms with Crippen LogP contribution < -0.4 is 0 Å². The Morgan fingerprint density at radius 1 is 1.06 bits per heavy atom. The van der Waals surface area contributed by atoms with Gasteiger partial charge in [0.25, 0.3) is 0 Å². The Labute approximate surface area is 101 Å². The van der Waals surface area contributed by atoms with Crippen LogP contribution >= 0.6 is 11.3 Å². The van der Waals surface area contributed by atoms with E-state index in [1.807, 2.05) is 0 Å². The van der Waals surface area contributed by atoms with E-state index in [4.69, 9.17) is 0 Å². The van der Waals surface area contributed by atoms with Gasteiger partial charge in [0.2, 0.25) is 0 Å². The molecule has 2 heteroatoms. The van der Waals surface area contributed by atoms with Crippen molar-refractivity contribution in [3.63, 3.8) is 0 Å². The van der Waals surface area contributed by atoms with Crippen LogP contribution in [-0.4, -0.2) is 4.98 Å². The minimum absolute atomic E-state index is 0.00491. The number of hydrogen-bond acceptors (Lipinski definition) is 2. The van der Waals surface area contributed by atoms with E-state index in [0.29, 0.717) is 0 Å². The van der Waals surface area contributed by atoms with E-state index in [9.17, 15) is 0 Å². The predicted molar refractivity (Wildman–Crippen MR) is 70.2 cm³/mol. The van der Waals surface area contributed by atoms with Crippen molar-refractivity contribution in [2.24, 2.45) is 0 Å². The lowest BCUT2D eigenvalue weighted by Crippen LogP contribution is -2.18. The minimum Gasteiger partial charge on any atom is -0.245 e. The molecule has 0 atom stereocenters. The van der Waals surface area contributed by atoms with Crippen molar-refractivity contribution in [1.29, 1.82) is 0 Å². The van der Waals surface area contributed by atoms with Crippen LogP contribution in [0, 0.1) is 13.8 Å². The predicted octanol–water partition coefficient (Wildman–Crippen LogP) is 4.09. The molecule has 16 heavy (non-hydrogen) atoms. The lowest BCUT2D eigenvalue weighted by Gasteiger charge is -2.22. The van der Waals surface area contributed by atoms with Crippen LogP contribution in [0.25, 0.3) is 0 Å². The van der Waals surface area contributed by atoms with E-state index in [0.717, 1.165) is 5.69 Å². The molecule has 0 aliphatic carbocycles. The van der Waals surface area contributed by atoms with Gasteiger partial charge in [0.05, 0.1) is 5.69 Å². The molecule has 0 saturated heterocycles. The third-order valence-corrected chi connectivity index (χ3v) is 4.46. The smallest absolute Gasteiger partial charge is 0.103 e. The van der Waals surface area contributed by atoms with Crippen molar-refractivity contribution in [2.75, 3.05) is 0 Å². The molecular weight excluding hydrogens is 214 g/mol. The zero-order valence-electron chi connectivity index (χ0n) is 10.2. The zero-order chi connectivity index (χ0) is 11.8. The summed E-state index contributed by atoms with van der Waals surface area (Å²) in [5.41, 5.74) is 2.48. The Hall–Kier alpha value is -1.15. The Morgan fingerprint density at radius 3 is 2.19 bits per heavy atom. The molecule has 2 rings (SSSR count). The first-order valence-electron chi connectivity index (χ1n) is 5.52. The normalized spacial score (nSPS) is 11.8. The fraction of sp³-hybridized carbons (Fsp3) is 0.357. The van der Waals surface area contributed by atoms with Crippen LogP contribution in [0.3, 0.4) is 0 Å². The molecule has 0 radical (unpaired) electrons. The third kappa shape index (κ3) is 1.90. The van der Waals surface area contributed by atoms with E-state index >= 15 is 0 Å². The number of benzene rings is 1. The highest BCUT2D eigenvalue weighted by Crippen LogP contribution is 2.34. The number of nitrogens with zero attached hydrogens (tertiary/aromatic N) is 1. The van der Waals surface area contributed by atoms with Crippen LogP contribution in [0.15, 0.2) is 30.3 Å². The monoisotopic (exact) mass is 231 g/mol. The highest BCUT2D eigenvalue weighted by molar-refractivity contribution is 7.11. The second kappa shape index (κ2) is 4.02. The summed E-state index contributed by atoms with van der Waals surface area (Å²) >= 11 is 1.81. The Balaban J connectivity index is 2.46. The fourth-order valence-electron chi connectivity index (χ4n) is 1.72. The summed E-state index contributed by atoms with van der Waals surface area (Å²) in [6.07, 6.45) is 0. The molecule has 0 fully saturated rings. The summed E-state index contributed by atoms with van der Waals surface area (Å²) in [5.74, 6) is 0. The molecule has 0 aliphatic heterocycles. The summed E-state index contributed by atoms with van der Waals surface area (Å²) < 4.78 is 0. The summed E-state index contributed by atoms with van der Waals surface area (Å²) in [5, 5.41) is 1.20. The van der Waals surface area contributed by atoms with Crippen LogP contribution in [0.1, 0.15) is 35.0 Å². The molecule has 0 aliphatic rings. The molecule has 0 amide bonds. The largest absolute Gasteiger partial charge is 0.245 e. The minimum atomic E-state index is 0.00491. The lowest BCUT2D eigenvalue weighted by atomic mass is 9.85. The van der Waals surface area contributed by atoms with Crippen molar-refractivity contribution in [3.8, 4) is 0 Å². The van der Waals surface area contributed by atoms with Gasteiger partial charge < -0.3 is 0 Å². The summed E-state index contributed by atoms with van der Waals surface area (Å²) in [7, 11) is 0. The number of aryl methyl sites for hydroxylation is 2. The van der Waals surface area contributed by atoms with E-state index in [1.165, 1.54) is 15.4 Å². The van der Waals surface area contributed by atoms with Crippen LogP contribution in [0.2, 0.25) is 0 Å². The quantitative estimate of drug-likeness (QED) is 0.758. The van der Waals surface area contributed by atoms with Gasteiger partial charge in [-0.2, -0.15) is 0 Å². The number of hydrogen-bond donors (Lipinski definition) is 0. The Bertz CT molecular complexity index is 463. The maximum absolute atomic E-state index is 4.68. The van der Waals surface area contributed by atoms with Crippen molar-refractivity contribution in [1.82, 2.24) is 4.98 Å². The molecule has 0 N–H and O–H groups in total. The maximum Gasteiger partial charge on any atom is 0.103 e. The summed E-state index contributed by atoms with van der Waals surface area (Å²) in [4.78, 5) is 6.00. The van der Waals surface area contributed by atoms with Gasteiger partial charge in [0, 0.05) is 10.3 Å². The first-order valence-corrected chi connectivity index (χ1v) is 6.33. The molecule has 1 aromatic carbocycles. The second-order valence-electron chi connectivity index (χ2n) is 4.65. The number of rotatable bonds is 2. The molecule has 0 saturated carbocycles. The van der Waals surface area contributed by atoms with Gasteiger partial charge in [0.1, 0.15) is 5.01 Å². The van der Waals surface area contributed by atoms with Crippen molar-refractivity contribution < 1.29 is 0 Å². The van der Waals surface area contributed by atoms with E-state index in [2.05, 4.69) is 63.0 Å². The van der Waals surface area contributed by atoms with Gasteiger partial charge in [0.15, 0.2) is 0 Å². The highest BCUT2D eigenvalue weighted by Gasteiger charge is 2.26. The standard InChI is InChI=1S/C14H17NS/c1-10-11(2)16-13(15-10)14(3,4)12-8-6-5-7-9-12/h5-9H,1-4H3. The molecule has 84 valence electrons. The maximum atomic E-state index is 4.68. The first-order chi connectivity index (χ1) is 7.51. The molecule has 2 aromatic rings. The lowest BCUT2D eigenvalue weighted by molar-refractivity contribution is 0.633. The number of aromatic nitrogens is 1. The third-order valence-electron chi connectivity index (χ3n) is 3.06. The van der Waals surface area contributed by atoms with Crippen LogP contribution in [-0.2, 0) is 5.41 Å². The Morgan fingerprint density at radius 2 is 1.69 bits per heavy atom. The van der Waals surface area contributed by atoms with E-state index < -0.39 is 0 Å². The molecule has 1 nitrogen and oxygen atoms in total. The van der Waals surface area contributed by atoms with Gasteiger partial charge >= 0.3 is 0 Å². The van der Waals surface area contributed by atoms with Crippen molar-refractivity contribution in [2.45, 2.75) is 33.1 Å². The average molecular weight is 231 g/mol. The number of thiazole rings is 1. The molecular formula is C14H17NS. The fourth-order valence-corrected chi connectivity index (χ4v) is 2.76. The molecule has 0 spiro atoms. The molecule has 0 unspecified atom stereocenters. The van der Waals surface area contributed by atoms with Gasteiger partial charge in [-0.05, 0) is 33.3 Å². The van der Waals surface area contributed by atoms with E-state index in [1.54, 1.807) is 11.3 Å². The summed E-state index contributed by atoms with van der Waals surface area (Å²) in [6.45, 7) is 8.69. The first kappa shape index (κ1) is 11.3. The van der Waals surface area contributed by atoms with E-state index in [-0.39, 0.29) is 5.41 Å². The van der Waals surface area contributed by atoms with Gasteiger partial charge in [-0.3, -0.25) is 0 Å². The Kier molecular flexibility index (Phi) is 2.85. The zero-order valence-corrected chi connectivity index (χ0v) is 11.1. The van der Waals surface area contributed by atoms with Gasteiger partial charge in [-0.1, -0.05) is 30.3 Å². The second-order valence-corrected chi connectivity index (χ2v) is 5.85. The average Bonchev–Trinajstić information content (AvgIpc) is 2.61. The van der Waals surface area contributed by atoms with Crippen molar-refractivity contribution in [3.05, 3.63) is 51.5 Å². The molecule has 1 heterocycles. The SMILES string of the molecule is Cc1nc(C(C)(C)c2ccccc2)sc1C. The van der Waals surface area contributed by atoms with Crippen LogP contribution in [0.5, 0.6) is 0 Å².